The Morgan fingerprint density at radius 2 is 2.13 bits per heavy atom. The van der Waals surface area contributed by atoms with Crippen molar-refractivity contribution < 1.29 is 14.6 Å². The maximum absolute atomic E-state index is 11.9. The zero-order valence-electron chi connectivity index (χ0n) is 17.4. The molecule has 1 atom stereocenters. The normalized spacial score (nSPS) is 21.2. The number of aromatic nitrogens is 3. The Morgan fingerprint density at radius 1 is 1.29 bits per heavy atom. The molecular formula is C22H26N6O3. The predicted molar refractivity (Wildman–Crippen MR) is 117 cm³/mol. The van der Waals surface area contributed by atoms with E-state index in [1.54, 1.807) is 0 Å². The van der Waals surface area contributed by atoms with Crippen molar-refractivity contribution in [1.82, 2.24) is 19.9 Å². The molecule has 2 aliphatic heterocycles. The number of rotatable bonds is 3. The SMILES string of the molecule is Cc1ccc2[nH]c(C(=O)O)c(CN3CCC[C@@]4(CC3)Cc3c(N)nc(N)nc3O4)c2c1. The first-order valence-corrected chi connectivity index (χ1v) is 10.5. The van der Waals surface area contributed by atoms with E-state index < -0.39 is 5.97 Å². The fourth-order valence-electron chi connectivity index (χ4n) is 4.90. The van der Waals surface area contributed by atoms with Crippen LogP contribution in [-0.2, 0) is 13.0 Å². The van der Waals surface area contributed by atoms with Crippen molar-refractivity contribution in [2.45, 2.75) is 44.8 Å². The molecule has 5 rings (SSSR count). The number of H-pyrrole nitrogens is 1. The smallest absolute Gasteiger partial charge is 0.352 e. The zero-order chi connectivity index (χ0) is 21.8. The molecular weight excluding hydrogens is 396 g/mol. The highest BCUT2D eigenvalue weighted by Gasteiger charge is 2.43. The number of nitrogens with zero attached hydrogens (tertiary/aromatic N) is 3. The minimum absolute atomic E-state index is 0.124. The van der Waals surface area contributed by atoms with Gasteiger partial charge in [-0.2, -0.15) is 9.97 Å². The molecule has 162 valence electrons. The third-order valence-electron chi connectivity index (χ3n) is 6.48. The second-order valence-corrected chi connectivity index (χ2v) is 8.68. The summed E-state index contributed by atoms with van der Waals surface area (Å²) in [6.07, 6.45) is 3.28. The Morgan fingerprint density at radius 3 is 2.94 bits per heavy atom. The maximum atomic E-state index is 11.9. The van der Waals surface area contributed by atoms with Crippen LogP contribution in [0, 0.1) is 6.92 Å². The summed E-state index contributed by atoms with van der Waals surface area (Å²) in [7, 11) is 0. The summed E-state index contributed by atoms with van der Waals surface area (Å²) in [6, 6.07) is 5.98. The molecule has 2 aliphatic rings. The first-order valence-electron chi connectivity index (χ1n) is 10.5. The van der Waals surface area contributed by atoms with E-state index in [2.05, 4.69) is 25.9 Å². The molecule has 0 bridgehead atoms. The van der Waals surface area contributed by atoms with Gasteiger partial charge < -0.3 is 26.3 Å². The van der Waals surface area contributed by atoms with E-state index in [0.29, 0.717) is 24.7 Å². The highest BCUT2D eigenvalue weighted by atomic mass is 16.5. The van der Waals surface area contributed by atoms with Gasteiger partial charge in [0.15, 0.2) is 0 Å². The second-order valence-electron chi connectivity index (χ2n) is 8.68. The van der Waals surface area contributed by atoms with E-state index in [1.807, 2.05) is 19.1 Å². The van der Waals surface area contributed by atoms with Crippen LogP contribution in [0.5, 0.6) is 5.88 Å². The van der Waals surface area contributed by atoms with Crippen LogP contribution in [0.2, 0.25) is 0 Å². The zero-order valence-corrected chi connectivity index (χ0v) is 17.4. The Hall–Kier alpha value is -3.33. The number of hydrogen-bond donors (Lipinski definition) is 4. The lowest BCUT2D eigenvalue weighted by molar-refractivity contribution is 0.0683. The van der Waals surface area contributed by atoms with Gasteiger partial charge in [0.2, 0.25) is 11.8 Å². The van der Waals surface area contributed by atoms with Gasteiger partial charge in [0.25, 0.3) is 0 Å². The van der Waals surface area contributed by atoms with E-state index in [9.17, 15) is 9.90 Å². The number of aromatic amines is 1. The van der Waals surface area contributed by atoms with Gasteiger partial charge in [0, 0.05) is 42.4 Å². The van der Waals surface area contributed by atoms with Gasteiger partial charge in [-0.15, -0.1) is 0 Å². The quantitative estimate of drug-likeness (QED) is 0.504. The molecule has 0 saturated carbocycles. The van der Waals surface area contributed by atoms with E-state index in [4.69, 9.17) is 16.2 Å². The number of likely N-dealkylation sites (tertiary alicyclic amines) is 1. The van der Waals surface area contributed by atoms with Crippen molar-refractivity contribution >= 4 is 28.6 Å². The third kappa shape index (κ3) is 3.44. The Bertz CT molecular complexity index is 1190. The largest absolute Gasteiger partial charge is 0.477 e. The molecule has 9 heteroatoms. The fraction of sp³-hybridized carbons (Fsp3) is 0.409. The van der Waals surface area contributed by atoms with Crippen LogP contribution in [0.3, 0.4) is 0 Å². The lowest BCUT2D eigenvalue weighted by Gasteiger charge is -2.27. The van der Waals surface area contributed by atoms with Crippen molar-refractivity contribution in [1.29, 1.82) is 0 Å². The molecule has 2 aromatic heterocycles. The molecule has 0 amide bonds. The summed E-state index contributed by atoms with van der Waals surface area (Å²) in [4.78, 5) is 25.6. The molecule has 0 radical (unpaired) electrons. The van der Waals surface area contributed by atoms with E-state index in [1.165, 1.54) is 0 Å². The summed E-state index contributed by atoms with van der Waals surface area (Å²) in [6.45, 7) is 4.24. The molecule has 1 saturated heterocycles. The summed E-state index contributed by atoms with van der Waals surface area (Å²) >= 11 is 0. The number of nitrogen functional groups attached to an aromatic ring is 2. The molecule has 4 heterocycles. The number of carbonyl (C=O) groups is 1. The maximum Gasteiger partial charge on any atom is 0.352 e. The number of aromatic carboxylic acids is 1. The average molecular weight is 422 g/mol. The van der Waals surface area contributed by atoms with Crippen LogP contribution in [0.25, 0.3) is 10.9 Å². The first kappa shape index (κ1) is 19.6. The molecule has 31 heavy (non-hydrogen) atoms. The number of ether oxygens (including phenoxy) is 1. The highest BCUT2D eigenvalue weighted by molar-refractivity contribution is 5.97. The van der Waals surface area contributed by atoms with Crippen LogP contribution in [-0.4, -0.2) is 49.6 Å². The Kier molecular flexibility index (Phi) is 4.51. The van der Waals surface area contributed by atoms with Gasteiger partial charge in [-0.05, 0) is 38.4 Å². The van der Waals surface area contributed by atoms with Gasteiger partial charge in [-0.1, -0.05) is 11.6 Å². The molecule has 0 unspecified atom stereocenters. The Labute approximate surface area is 179 Å². The molecule has 3 aromatic rings. The summed E-state index contributed by atoms with van der Waals surface area (Å²) in [5, 5.41) is 10.7. The number of nitrogens with one attached hydrogen (secondary N) is 1. The van der Waals surface area contributed by atoms with Crippen LogP contribution in [0.4, 0.5) is 11.8 Å². The minimum Gasteiger partial charge on any atom is -0.477 e. The van der Waals surface area contributed by atoms with E-state index in [-0.39, 0.29) is 17.2 Å². The van der Waals surface area contributed by atoms with Crippen molar-refractivity contribution in [2.24, 2.45) is 0 Å². The molecule has 1 spiro atoms. The van der Waals surface area contributed by atoms with Gasteiger partial charge in [0.05, 0.1) is 5.56 Å². The van der Waals surface area contributed by atoms with Gasteiger partial charge in [-0.3, -0.25) is 4.90 Å². The fourth-order valence-corrected chi connectivity index (χ4v) is 4.90. The molecule has 0 aliphatic carbocycles. The van der Waals surface area contributed by atoms with Crippen LogP contribution in [0.1, 0.15) is 46.4 Å². The van der Waals surface area contributed by atoms with Crippen molar-refractivity contribution in [3.8, 4) is 5.88 Å². The molecule has 1 aromatic carbocycles. The lowest BCUT2D eigenvalue weighted by atomic mass is 9.90. The number of benzene rings is 1. The summed E-state index contributed by atoms with van der Waals surface area (Å²) < 4.78 is 6.27. The number of carboxylic acids is 1. The topological polar surface area (TPSA) is 143 Å². The van der Waals surface area contributed by atoms with Gasteiger partial charge >= 0.3 is 5.97 Å². The van der Waals surface area contributed by atoms with Crippen molar-refractivity contribution in [3.63, 3.8) is 0 Å². The molecule has 9 nitrogen and oxygen atoms in total. The molecule has 6 N–H and O–H groups in total. The summed E-state index contributed by atoms with van der Waals surface area (Å²) in [5.74, 6) is 0.0789. The first-order chi connectivity index (χ1) is 14.8. The van der Waals surface area contributed by atoms with Crippen LogP contribution >= 0.6 is 0 Å². The van der Waals surface area contributed by atoms with E-state index >= 15 is 0 Å². The van der Waals surface area contributed by atoms with Gasteiger partial charge in [-0.25, -0.2) is 4.79 Å². The minimum atomic E-state index is -0.934. The monoisotopic (exact) mass is 422 g/mol. The predicted octanol–water partition coefficient (Wildman–Crippen LogP) is 2.49. The number of anilines is 2. The number of aryl methyl sites for hydroxylation is 1. The van der Waals surface area contributed by atoms with Crippen molar-refractivity contribution in [3.05, 3.63) is 40.6 Å². The molecule has 1 fully saturated rings. The summed E-state index contributed by atoms with van der Waals surface area (Å²) in [5.41, 5.74) is 15.3. The van der Waals surface area contributed by atoms with Crippen molar-refractivity contribution in [2.75, 3.05) is 24.6 Å². The number of nitrogens with two attached hydrogens (primary N) is 2. The highest BCUT2D eigenvalue weighted by Crippen LogP contribution is 2.42. The van der Waals surface area contributed by atoms with Crippen LogP contribution < -0.4 is 16.2 Å². The van der Waals surface area contributed by atoms with Gasteiger partial charge in [0.1, 0.15) is 17.1 Å². The van der Waals surface area contributed by atoms with Crippen LogP contribution in [0.15, 0.2) is 18.2 Å². The number of hydrogen-bond acceptors (Lipinski definition) is 7. The standard InChI is InChI=1S/C22H26N6O3/c1-12-3-4-16-13(9-12)15(17(25-16)20(29)30)11-28-7-2-5-22(6-8-28)10-14-18(23)26-21(24)27-19(14)31-22/h3-4,9,25H,2,5-8,10-11H2,1H3,(H,29,30)(H4,23,24,26,27)/t22-/m1/s1. The number of fused-ring (bicyclic) bond motifs is 2. The third-order valence-corrected chi connectivity index (χ3v) is 6.48. The average Bonchev–Trinajstić information content (AvgIpc) is 3.17. The second kappa shape index (κ2) is 7.12. The lowest BCUT2D eigenvalue weighted by Crippen LogP contribution is -2.36. The number of carboxylic acid groups (broad SMARTS) is 1. The Balaban J connectivity index is 1.38. The van der Waals surface area contributed by atoms with E-state index in [0.717, 1.165) is 59.9 Å².